The smallest absolute Gasteiger partial charge is 0.317 e. The molecule has 21 aliphatic rings. The minimum absolute atomic E-state index is 0.582. The number of hydrogen-bond donors (Lipinski definition) is 22. The lowest BCUT2D eigenvalue weighted by Gasteiger charge is -2.50. The lowest BCUT2D eigenvalue weighted by molar-refractivity contribution is -0.396. The Morgan fingerprint density at radius 1 is 0.259 bits per heavy atom. The first kappa shape index (κ1) is 65.1. The van der Waals surface area contributed by atoms with Crippen LogP contribution in [0.2, 0.25) is 0 Å². The normalized spacial score (nSPS) is 53.2. The van der Waals surface area contributed by atoms with Crippen LogP contribution in [-0.2, 0) is 71.1 Å². The quantitative estimate of drug-likeness (QED) is 0.0966. The minimum atomic E-state index is -2.25. The predicted octanol–water partition coefficient (Wildman–Crippen LogP) is -15.5. The highest BCUT2D eigenvalue weighted by molar-refractivity contribution is 5.69. The summed E-state index contributed by atoms with van der Waals surface area (Å²) in [5.41, 5.74) is 0. The zero-order valence-electron chi connectivity index (χ0n) is 42.4. The summed E-state index contributed by atoms with van der Waals surface area (Å²) >= 11 is 0. The van der Waals surface area contributed by atoms with Crippen molar-refractivity contribution in [2.24, 2.45) is 0 Å². The first-order valence-corrected chi connectivity index (χ1v) is 25.8. The van der Waals surface area contributed by atoms with Crippen molar-refractivity contribution in [3.05, 3.63) is 0 Å². The van der Waals surface area contributed by atoms with Gasteiger partial charge >= 0.3 is 5.97 Å². The highest BCUT2D eigenvalue weighted by atomic mass is 16.8. The van der Waals surface area contributed by atoms with E-state index < -0.39 is 274 Å². The molecule has 81 heavy (non-hydrogen) atoms. The third-order valence-electron chi connectivity index (χ3n) is 15.2. The van der Waals surface area contributed by atoms with E-state index in [0.29, 0.717) is 0 Å². The molecule has 0 aromatic heterocycles. The van der Waals surface area contributed by atoms with Gasteiger partial charge in [0.2, 0.25) is 0 Å². The topological polar surface area (TPSA) is 583 Å². The third-order valence-corrected chi connectivity index (χ3v) is 15.2. The summed E-state index contributed by atoms with van der Waals surface area (Å²) in [6, 6.07) is 0. The summed E-state index contributed by atoms with van der Waals surface area (Å²) < 4.78 is 80.1. The first-order chi connectivity index (χ1) is 38.5. The fraction of sp³-hybridized carbons (Fsp3) is 0.977. The fourth-order valence-corrected chi connectivity index (χ4v) is 10.8. The molecule has 0 aromatic rings. The van der Waals surface area contributed by atoms with Crippen molar-refractivity contribution in [2.45, 2.75) is 215 Å². The molecular formula is C44H73NO36. The number of hydrogen-bond acceptors (Lipinski definition) is 36. The molecular weight excluding hydrogens is 1120 g/mol. The van der Waals surface area contributed by atoms with Crippen molar-refractivity contribution >= 4 is 5.97 Å². The van der Waals surface area contributed by atoms with Crippen LogP contribution < -0.4 is 5.32 Å². The number of carboxylic acids is 1. The van der Waals surface area contributed by atoms with E-state index in [0.717, 1.165) is 0 Å². The lowest BCUT2D eigenvalue weighted by atomic mass is 9.95. The average molecular weight is 1190 g/mol. The number of nitrogens with one attached hydrogen (secondary N) is 1. The summed E-state index contributed by atoms with van der Waals surface area (Å²) in [5, 5.41) is 233. The molecule has 21 heterocycles. The molecule has 37 nitrogen and oxygen atoms in total. The third kappa shape index (κ3) is 13.3. The van der Waals surface area contributed by atoms with E-state index in [2.05, 4.69) is 5.32 Å². The SMILES string of the molecule is O=C(O)CNC[C@H]1O[C@@H]2O[C@H]3[C@H](O)[C@H](O)[C@@H](O[C@H]4[C@H](O)[C@H](O)[C@@H](O[C@H]5[C@H](O)[C@@H](O)[C@@H](O[C@H]6[C@H](O)[C@@H](O)[C@@H](O[C@H]7[C@H](O)[C@@H](O)[C@@H](O[C@H]8[C@H](O)[C@@H](O)[C@@H](O[C@H]1[C@H](O)[C@H]2O)O[C@@H]8CO)O[C@@H]7CO)O[C@@H]6CO)O[C@@H]5CO)O[C@@H]4CO)O[C@@H]3CO. The van der Waals surface area contributed by atoms with Crippen molar-refractivity contribution in [3.8, 4) is 0 Å². The lowest BCUT2D eigenvalue weighted by Crippen LogP contribution is -2.68. The van der Waals surface area contributed by atoms with E-state index in [1.807, 2.05) is 0 Å². The number of carboxylic acid groups (broad SMARTS) is 1. The molecule has 21 fully saturated rings. The second-order valence-corrected chi connectivity index (χ2v) is 20.5. The highest BCUT2D eigenvalue weighted by Crippen LogP contribution is 2.39. The minimum Gasteiger partial charge on any atom is -0.480 e. The van der Waals surface area contributed by atoms with E-state index in [4.69, 9.17) is 66.3 Å². The second kappa shape index (κ2) is 27.8. The van der Waals surface area contributed by atoms with Gasteiger partial charge in [-0.25, -0.2) is 0 Å². The zero-order valence-corrected chi connectivity index (χ0v) is 42.4. The Balaban J connectivity index is 1.09. The number of rotatable bonds is 10. The van der Waals surface area contributed by atoms with Crippen molar-refractivity contribution in [1.82, 2.24) is 5.32 Å². The monoisotopic (exact) mass is 1190 g/mol. The Morgan fingerprint density at radius 2 is 0.420 bits per heavy atom. The van der Waals surface area contributed by atoms with Crippen LogP contribution >= 0.6 is 0 Å². The van der Waals surface area contributed by atoms with Crippen LogP contribution in [0.4, 0.5) is 0 Å². The molecule has 37 heteroatoms. The molecule has 21 rings (SSSR count). The summed E-state index contributed by atoms with van der Waals surface area (Å²) in [7, 11) is 0. The van der Waals surface area contributed by atoms with Gasteiger partial charge in [-0.15, -0.1) is 0 Å². The van der Waals surface area contributed by atoms with Crippen LogP contribution in [0.25, 0.3) is 0 Å². The second-order valence-electron chi connectivity index (χ2n) is 20.5. The summed E-state index contributed by atoms with van der Waals surface area (Å²) in [4.78, 5) is 11.5. The van der Waals surface area contributed by atoms with Gasteiger partial charge in [0.15, 0.2) is 44.0 Å². The Kier molecular flexibility index (Phi) is 22.4. The molecule has 0 aliphatic carbocycles. The highest BCUT2D eigenvalue weighted by Gasteiger charge is 2.59. The number of ether oxygens (including phenoxy) is 14. The molecule has 0 amide bonds. The standard InChI is InChI=1S/C44H73NO36/c46-3-10-32-19(56)26(63)40(70-10)78-34-12(5-48)72-42(28(65)21(34)58)80-36-14(7-50)74-44(30(67)23(36)60)81-37-15(8-51)73-43(29(66)22(37)59)79-35-13(6-49)71-41(27(64)20(35)57)77-33-11(4-47)69-39(25(62)18(33)55)75-31-9(1-45-2-16(52)53)68-38(76-32)24(61)17(31)54/h9-15,17-51,54-67H,1-8H2,(H,52,53)/t9-,10-,11-,12-,13-,14-,15-,17-,18-,19-,20-,21-,22-,23-,24-,25-,26+,27-,28+,29-,30-,31-,32-,33-,34-,35-,36-,37-,38-,39-,40-,41-,42-,43-,44-/m1/s1. The van der Waals surface area contributed by atoms with Crippen LogP contribution in [-0.4, -0.2) is 381 Å². The summed E-state index contributed by atoms with van der Waals surface area (Å²) in [5.74, 6) is -1.39. The van der Waals surface area contributed by atoms with Gasteiger partial charge in [0.1, 0.15) is 171 Å². The van der Waals surface area contributed by atoms with E-state index in [1.165, 1.54) is 0 Å². The van der Waals surface area contributed by atoms with E-state index in [-0.39, 0.29) is 0 Å². The zero-order chi connectivity index (χ0) is 59.0. The van der Waals surface area contributed by atoms with Gasteiger partial charge in [0.05, 0.1) is 46.2 Å². The number of aliphatic hydroxyl groups is 20. The predicted molar refractivity (Wildman–Crippen MR) is 242 cm³/mol. The van der Waals surface area contributed by atoms with Crippen LogP contribution in [0.3, 0.4) is 0 Å². The molecule has 21 saturated heterocycles. The van der Waals surface area contributed by atoms with Crippen molar-refractivity contribution in [3.63, 3.8) is 0 Å². The van der Waals surface area contributed by atoms with Gasteiger partial charge in [-0.2, -0.15) is 0 Å². The molecule has 0 spiro atoms. The van der Waals surface area contributed by atoms with Gasteiger partial charge in [-0.05, 0) is 0 Å². The van der Waals surface area contributed by atoms with Gasteiger partial charge in [0.25, 0.3) is 0 Å². The number of carbonyl (C=O) groups is 1. The van der Waals surface area contributed by atoms with Gasteiger partial charge in [0, 0.05) is 6.54 Å². The molecule has 0 aromatic carbocycles. The molecule has 0 radical (unpaired) electrons. The maximum Gasteiger partial charge on any atom is 0.317 e. The van der Waals surface area contributed by atoms with Crippen LogP contribution in [0.5, 0.6) is 0 Å². The molecule has 0 unspecified atom stereocenters. The molecule has 35 atom stereocenters. The van der Waals surface area contributed by atoms with Crippen LogP contribution in [0, 0.1) is 0 Å². The molecule has 22 N–H and O–H groups in total. The van der Waals surface area contributed by atoms with Crippen LogP contribution in [0.15, 0.2) is 0 Å². The van der Waals surface area contributed by atoms with E-state index >= 15 is 0 Å². The van der Waals surface area contributed by atoms with Crippen molar-refractivity contribution in [1.29, 1.82) is 0 Å². The molecule has 14 bridgehead atoms. The summed E-state index contributed by atoms with van der Waals surface area (Å²) in [6.45, 7) is -7.72. The average Bonchev–Trinajstić information content (AvgIpc) is 3.45. The molecule has 470 valence electrons. The van der Waals surface area contributed by atoms with Gasteiger partial charge in [-0.1, -0.05) is 0 Å². The Morgan fingerprint density at radius 3 is 0.580 bits per heavy atom. The van der Waals surface area contributed by atoms with Gasteiger partial charge < -0.3 is 179 Å². The van der Waals surface area contributed by atoms with E-state index in [1.54, 1.807) is 0 Å². The largest absolute Gasteiger partial charge is 0.480 e. The Labute approximate surface area is 456 Å². The molecule has 0 saturated carbocycles. The number of aliphatic hydroxyl groups excluding tert-OH is 20. The fourth-order valence-electron chi connectivity index (χ4n) is 10.8. The van der Waals surface area contributed by atoms with Crippen LogP contribution in [0.1, 0.15) is 0 Å². The number of aliphatic carboxylic acids is 1. The Hall–Kier alpha value is -1.93. The summed E-state index contributed by atoms with van der Waals surface area (Å²) in [6.07, 6.45) is -71.0. The van der Waals surface area contributed by atoms with Gasteiger partial charge in [-0.3, -0.25) is 4.79 Å². The van der Waals surface area contributed by atoms with E-state index in [9.17, 15) is 112 Å². The first-order valence-electron chi connectivity index (χ1n) is 25.8. The van der Waals surface area contributed by atoms with Crippen molar-refractivity contribution < 1.29 is 178 Å². The maximum absolute atomic E-state index is 11.6. The molecule has 21 aliphatic heterocycles. The Bertz CT molecular complexity index is 1960. The maximum atomic E-state index is 11.6. The van der Waals surface area contributed by atoms with Crippen molar-refractivity contribution in [2.75, 3.05) is 52.7 Å².